The van der Waals surface area contributed by atoms with Gasteiger partial charge in [0.1, 0.15) is 18.1 Å². The maximum Gasteiger partial charge on any atom is 0.301 e. The minimum atomic E-state index is -0.977. The third-order valence-electron chi connectivity index (χ3n) is 7.30. The summed E-state index contributed by atoms with van der Waals surface area (Å²) in [5, 5.41) is 21.3. The maximum absolute atomic E-state index is 13.6. The number of aliphatic hydroxyl groups excluding tert-OH is 1. The Bertz CT molecular complexity index is 1930. The predicted octanol–water partition coefficient (Wildman–Crippen LogP) is 8.65. The van der Waals surface area contributed by atoms with Crippen molar-refractivity contribution in [1.29, 1.82) is 0 Å². The van der Waals surface area contributed by atoms with Crippen LogP contribution in [0.25, 0.3) is 5.76 Å². The molecule has 0 aliphatic carbocycles. The van der Waals surface area contributed by atoms with Crippen molar-refractivity contribution < 1.29 is 19.4 Å². The molecule has 11 heteroatoms. The van der Waals surface area contributed by atoms with Gasteiger partial charge in [0.15, 0.2) is 4.34 Å². The van der Waals surface area contributed by atoms with Crippen molar-refractivity contribution in [2.24, 2.45) is 0 Å². The number of nitrogens with zero attached hydrogens (tertiary/aromatic N) is 3. The van der Waals surface area contributed by atoms with Crippen LogP contribution in [-0.4, -0.2) is 27.0 Å². The van der Waals surface area contributed by atoms with Crippen molar-refractivity contribution in [2.45, 2.75) is 29.7 Å². The van der Waals surface area contributed by atoms with E-state index in [9.17, 15) is 14.7 Å². The molecule has 0 radical (unpaired) electrons. The Morgan fingerprint density at radius 1 is 0.933 bits per heavy atom. The number of Topliss-reactive ketones (excluding diaryl/α,β-unsaturated/α-hetero) is 1. The minimum Gasteiger partial charge on any atom is -0.507 e. The molecule has 7 nitrogen and oxygen atoms in total. The molecule has 4 aromatic carbocycles. The quantitative estimate of drug-likeness (QED) is 0.0550. The molecule has 0 spiro atoms. The number of carbonyl (C=O) groups excluding carboxylic acids is 2. The first-order chi connectivity index (χ1) is 21.8. The Hall–Kier alpha value is -4.15. The van der Waals surface area contributed by atoms with E-state index in [1.54, 1.807) is 48.5 Å². The topological polar surface area (TPSA) is 92.6 Å². The number of hydrogen-bond acceptors (Lipinski definition) is 8. The minimum absolute atomic E-state index is 0.0729. The first-order valence-electron chi connectivity index (χ1n) is 13.8. The third-order valence-corrected chi connectivity index (χ3v) is 10.0. The molecule has 0 saturated carbocycles. The molecule has 1 aliphatic heterocycles. The first kappa shape index (κ1) is 30.9. The molecule has 1 aliphatic rings. The van der Waals surface area contributed by atoms with Gasteiger partial charge >= 0.3 is 5.91 Å². The lowest BCUT2D eigenvalue weighted by molar-refractivity contribution is -0.132. The van der Waals surface area contributed by atoms with Crippen LogP contribution >= 0.6 is 46.3 Å². The van der Waals surface area contributed by atoms with E-state index >= 15 is 0 Å². The Balaban J connectivity index is 1.31. The number of carbonyl (C=O) groups is 2. The summed E-state index contributed by atoms with van der Waals surface area (Å²) in [6, 6.07) is 28.1. The van der Waals surface area contributed by atoms with Crippen LogP contribution < -0.4 is 9.64 Å². The molecule has 45 heavy (non-hydrogen) atoms. The number of amides is 1. The smallest absolute Gasteiger partial charge is 0.301 e. The predicted molar refractivity (Wildman–Crippen MR) is 179 cm³/mol. The average Bonchev–Trinajstić information content (AvgIpc) is 3.62. The molecular formula is C34H25Cl2N3O4S2. The summed E-state index contributed by atoms with van der Waals surface area (Å²) in [6.45, 7) is 2.41. The van der Waals surface area contributed by atoms with E-state index in [2.05, 4.69) is 10.2 Å². The molecule has 2 heterocycles. The first-order valence-corrected chi connectivity index (χ1v) is 16.4. The van der Waals surface area contributed by atoms with Gasteiger partial charge in [0, 0.05) is 21.4 Å². The number of halogens is 2. The summed E-state index contributed by atoms with van der Waals surface area (Å²) in [4.78, 5) is 28.4. The number of ketones is 1. The number of aromatic nitrogens is 2. The van der Waals surface area contributed by atoms with Crippen LogP contribution in [0.1, 0.15) is 33.9 Å². The van der Waals surface area contributed by atoms with Crippen LogP contribution in [0.2, 0.25) is 10.0 Å². The monoisotopic (exact) mass is 673 g/mol. The lowest BCUT2D eigenvalue weighted by atomic mass is 9.95. The highest BCUT2D eigenvalue weighted by molar-refractivity contribution is 8.00. The van der Waals surface area contributed by atoms with Gasteiger partial charge in [-0.2, -0.15) is 0 Å². The summed E-state index contributed by atoms with van der Waals surface area (Å²) in [5.41, 5.74) is 3.95. The van der Waals surface area contributed by atoms with Crippen molar-refractivity contribution in [3.8, 4) is 5.75 Å². The molecule has 1 atom stereocenters. The Morgan fingerprint density at radius 3 is 2.40 bits per heavy atom. The highest BCUT2D eigenvalue weighted by atomic mass is 35.5. The van der Waals surface area contributed by atoms with Gasteiger partial charge in [-0.1, -0.05) is 101 Å². The average molecular weight is 675 g/mol. The fraction of sp³-hybridized carbons (Fsp3) is 0.118. The molecule has 5 aromatic rings. The molecule has 1 saturated heterocycles. The number of aliphatic hydroxyl groups is 1. The van der Waals surface area contributed by atoms with Gasteiger partial charge in [0.05, 0.1) is 11.6 Å². The van der Waals surface area contributed by atoms with Crippen molar-refractivity contribution in [3.05, 3.63) is 140 Å². The van der Waals surface area contributed by atoms with Crippen molar-refractivity contribution in [1.82, 2.24) is 10.2 Å². The standard InChI is InChI=1S/C34H25Cl2N3O4S2/c1-20-7-2-3-8-23(20)18-43-26-15-13-21(14-16-26)30(40)28-29(22-10-6-11-25(35)17-22)39(32(42)31(28)41)33-37-38-34(45-33)44-19-24-9-4-5-12-27(24)36/h2-17,29,40H,18-19H2,1H3/b30-28+. The third kappa shape index (κ3) is 6.62. The van der Waals surface area contributed by atoms with Gasteiger partial charge < -0.3 is 9.84 Å². The van der Waals surface area contributed by atoms with E-state index < -0.39 is 17.7 Å². The van der Waals surface area contributed by atoms with Crippen LogP contribution in [0.4, 0.5) is 5.13 Å². The van der Waals surface area contributed by atoms with Gasteiger partial charge in [-0.15, -0.1) is 10.2 Å². The highest BCUT2D eigenvalue weighted by Crippen LogP contribution is 2.44. The van der Waals surface area contributed by atoms with E-state index in [-0.39, 0.29) is 16.5 Å². The fourth-order valence-corrected chi connectivity index (χ4v) is 7.28. The van der Waals surface area contributed by atoms with E-state index in [4.69, 9.17) is 27.9 Å². The maximum atomic E-state index is 13.6. The Labute approximate surface area is 278 Å². The Kier molecular flexibility index (Phi) is 9.23. The summed E-state index contributed by atoms with van der Waals surface area (Å²) < 4.78 is 6.54. The van der Waals surface area contributed by atoms with E-state index in [1.165, 1.54) is 28.0 Å². The highest BCUT2D eigenvalue weighted by Gasteiger charge is 2.48. The summed E-state index contributed by atoms with van der Waals surface area (Å²) in [6.07, 6.45) is 0. The van der Waals surface area contributed by atoms with Gasteiger partial charge in [-0.05, 0) is 71.6 Å². The lowest BCUT2D eigenvalue weighted by Gasteiger charge is -2.22. The van der Waals surface area contributed by atoms with E-state index in [0.717, 1.165) is 16.7 Å². The number of rotatable bonds is 9. The number of thioether (sulfide) groups is 1. The second-order valence-electron chi connectivity index (χ2n) is 10.2. The molecule has 6 rings (SSSR count). The second kappa shape index (κ2) is 13.5. The fourth-order valence-electron chi connectivity index (χ4n) is 4.93. The Morgan fingerprint density at radius 2 is 1.67 bits per heavy atom. The molecule has 1 fully saturated rings. The number of aryl methyl sites for hydroxylation is 1. The zero-order valence-corrected chi connectivity index (χ0v) is 27.0. The summed E-state index contributed by atoms with van der Waals surface area (Å²) in [7, 11) is 0. The molecule has 0 bridgehead atoms. The van der Waals surface area contributed by atoms with Gasteiger partial charge in [0.25, 0.3) is 5.78 Å². The van der Waals surface area contributed by atoms with Crippen molar-refractivity contribution in [3.63, 3.8) is 0 Å². The second-order valence-corrected chi connectivity index (χ2v) is 13.2. The van der Waals surface area contributed by atoms with Gasteiger partial charge in [0.2, 0.25) is 5.13 Å². The van der Waals surface area contributed by atoms with Crippen molar-refractivity contribution in [2.75, 3.05) is 4.90 Å². The SMILES string of the molecule is Cc1ccccc1COc1ccc(/C(O)=C2\C(=O)C(=O)N(c3nnc(SCc4ccccc4Cl)s3)C2c2cccc(Cl)c2)cc1. The molecule has 226 valence electrons. The summed E-state index contributed by atoms with van der Waals surface area (Å²) in [5.74, 6) is -0.826. The normalized spacial score (nSPS) is 15.9. The summed E-state index contributed by atoms with van der Waals surface area (Å²) >= 11 is 15.2. The van der Waals surface area contributed by atoms with Crippen LogP contribution in [0.5, 0.6) is 5.75 Å². The lowest BCUT2D eigenvalue weighted by Crippen LogP contribution is -2.29. The number of anilines is 1. The molecule has 1 unspecified atom stereocenters. The van der Waals surface area contributed by atoms with E-state index in [1.807, 2.05) is 55.5 Å². The molecule has 1 N–H and O–H groups in total. The van der Waals surface area contributed by atoms with Crippen LogP contribution in [0.15, 0.2) is 107 Å². The van der Waals surface area contributed by atoms with Crippen LogP contribution in [-0.2, 0) is 21.9 Å². The zero-order valence-electron chi connectivity index (χ0n) is 23.8. The van der Waals surface area contributed by atoms with Crippen molar-refractivity contribution >= 4 is 68.9 Å². The molecule has 1 amide bonds. The van der Waals surface area contributed by atoms with Crippen LogP contribution in [0, 0.1) is 6.92 Å². The van der Waals surface area contributed by atoms with Gasteiger partial charge in [-0.25, -0.2) is 0 Å². The number of hydrogen-bond donors (Lipinski definition) is 1. The number of ether oxygens (including phenoxy) is 1. The number of benzene rings is 4. The molecular weight excluding hydrogens is 649 g/mol. The zero-order chi connectivity index (χ0) is 31.5. The molecule has 1 aromatic heterocycles. The van der Waals surface area contributed by atoms with E-state index in [0.29, 0.717) is 43.6 Å². The van der Waals surface area contributed by atoms with Gasteiger partial charge in [-0.3, -0.25) is 14.5 Å². The van der Waals surface area contributed by atoms with Crippen LogP contribution in [0.3, 0.4) is 0 Å². The largest absolute Gasteiger partial charge is 0.507 e.